The molecule has 6 nitrogen and oxygen atoms in total. The zero-order valence-corrected chi connectivity index (χ0v) is 21.7. The van der Waals surface area contributed by atoms with Gasteiger partial charge >= 0.3 is 0 Å². The molecule has 7 atom stereocenters. The highest BCUT2D eigenvalue weighted by molar-refractivity contribution is 5.37. The predicted octanol–water partition coefficient (Wildman–Crippen LogP) is 4.08. The number of nitrogens with zero attached hydrogens (tertiary/aromatic N) is 3. The molecular weight excluding hydrogens is 436 g/mol. The summed E-state index contributed by atoms with van der Waals surface area (Å²) in [5.74, 6) is 2.57. The molecule has 7 unspecified atom stereocenters. The van der Waals surface area contributed by atoms with E-state index in [1.54, 1.807) is 6.33 Å². The Hall–Kier alpha value is -1.60. The number of aliphatic hydroxyl groups is 2. The number of allylic oxidation sites excluding steroid dienone is 1. The van der Waals surface area contributed by atoms with E-state index in [1.807, 2.05) is 6.08 Å². The standard InChI is InChI=1S/C29H44N4O2/c1-18-10-12-33(13-11-24(18)28-27-19(2)14-26(35)29(27)32-17-31-28)20(3)25(16-30-15-21-4-5-21)22-6-8-23(34)9-7-22/h6-8,17-21,23-26,30,34-35H,4-5,9-16H2,1-3H3. The van der Waals surface area contributed by atoms with E-state index in [0.717, 1.165) is 63.5 Å². The van der Waals surface area contributed by atoms with Gasteiger partial charge in [-0.1, -0.05) is 32.1 Å². The van der Waals surface area contributed by atoms with Crippen molar-refractivity contribution in [2.75, 3.05) is 26.2 Å². The number of fused-ring (bicyclic) bond motifs is 1. The third kappa shape index (κ3) is 5.56. The second-order valence-corrected chi connectivity index (χ2v) is 11.7. The highest BCUT2D eigenvalue weighted by Gasteiger charge is 2.37. The lowest BCUT2D eigenvalue weighted by atomic mass is 9.83. The molecular formula is C29H44N4O2. The Morgan fingerprint density at radius 3 is 2.60 bits per heavy atom. The van der Waals surface area contributed by atoms with Gasteiger partial charge in [0.25, 0.3) is 0 Å². The van der Waals surface area contributed by atoms with Gasteiger partial charge in [-0.15, -0.1) is 0 Å². The highest BCUT2D eigenvalue weighted by atomic mass is 16.3. The lowest BCUT2D eigenvalue weighted by Gasteiger charge is -2.36. The van der Waals surface area contributed by atoms with Crippen molar-refractivity contribution in [1.29, 1.82) is 0 Å². The van der Waals surface area contributed by atoms with Crippen LogP contribution >= 0.6 is 0 Å². The third-order valence-corrected chi connectivity index (χ3v) is 9.15. The molecule has 1 saturated carbocycles. The van der Waals surface area contributed by atoms with Gasteiger partial charge in [-0.25, -0.2) is 9.97 Å². The maximum atomic E-state index is 10.5. The first-order valence-electron chi connectivity index (χ1n) is 14.0. The Labute approximate surface area is 210 Å². The SMILES string of the molecule is CC1CC(O)c2ncnc(C3CCN(C(C)C(CNCC4CC4)C4=CCC(O)C=C4)CCC3C)c21. The van der Waals surface area contributed by atoms with E-state index >= 15 is 0 Å². The first kappa shape index (κ1) is 25.1. The molecule has 6 heteroatoms. The Morgan fingerprint density at radius 1 is 1.09 bits per heavy atom. The maximum Gasteiger partial charge on any atom is 0.116 e. The van der Waals surface area contributed by atoms with Gasteiger partial charge in [-0.05, 0) is 88.4 Å². The van der Waals surface area contributed by atoms with Crippen molar-refractivity contribution in [3.8, 4) is 0 Å². The van der Waals surface area contributed by atoms with Crippen LogP contribution in [0.4, 0.5) is 0 Å². The van der Waals surface area contributed by atoms with Crippen molar-refractivity contribution in [2.24, 2.45) is 17.8 Å². The molecule has 0 amide bonds. The minimum atomic E-state index is -0.446. The first-order valence-corrected chi connectivity index (χ1v) is 14.0. The molecule has 2 fully saturated rings. The molecule has 5 rings (SSSR count). The van der Waals surface area contributed by atoms with Crippen molar-refractivity contribution in [3.05, 3.63) is 47.1 Å². The zero-order valence-electron chi connectivity index (χ0n) is 21.7. The van der Waals surface area contributed by atoms with Crippen LogP contribution in [0.5, 0.6) is 0 Å². The van der Waals surface area contributed by atoms with Gasteiger partial charge in [-0.3, -0.25) is 4.90 Å². The average Bonchev–Trinajstić information content (AvgIpc) is 3.65. The largest absolute Gasteiger partial charge is 0.389 e. The van der Waals surface area contributed by atoms with E-state index in [1.165, 1.54) is 29.7 Å². The summed E-state index contributed by atoms with van der Waals surface area (Å²) in [5.41, 5.74) is 4.65. The van der Waals surface area contributed by atoms with E-state index < -0.39 is 6.10 Å². The van der Waals surface area contributed by atoms with E-state index in [0.29, 0.717) is 29.7 Å². The summed E-state index contributed by atoms with van der Waals surface area (Å²) >= 11 is 0. The Morgan fingerprint density at radius 2 is 1.86 bits per heavy atom. The van der Waals surface area contributed by atoms with E-state index in [9.17, 15) is 10.2 Å². The molecule has 2 heterocycles. The van der Waals surface area contributed by atoms with Crippen molar-refractivity contribution < 1.29 is 10.2 Å². The van der Waals surface area contributed by atoms with Gasteiger partial charge in [0.2, 0.25) is 0 Å². The number of rotatable bonds is 8. The predicted molar refractivity (Wildman–Crippen MR) is 139 cm³/mol. The topological polar surface area (TPSA) is 81.5 Å². The van der Waals surface area contributed by atoms with Crippen LogP contribution in [0, 0.1) is 17.8 Å². The molecule has 1 aromatic heterocycles. The van der Waals surface area contributed by atoms with Gasteiger partial charge in [0, 0.05) is 30.0 Å². The molecule has 0 radical (unpaired) electrons. The summed E-state index contributed by atoms with van der Waals surface area (Å²) in [6.07, 6.45) is 13.7. The van der Waals surface area contributed by atoms with Gasteiger partial charge in [0.05, 0.1) is 23.6 Å². The number of hydrogen-bond donors (Lipinski definition) is 3. The molecule has 3 aliphatic carbocycles. The van der Waals surface area contributed by atoms with Gasteiger partial charge in [-0.2, -0.15) is 0 Å². The van der Waals surface area contributed by atoms with Gasteiger partial charge in [0.15, 0.2) is 0 Å². The summed E-state index contributed by atoms with van der Waals surface area (Å²) in [5, 5.41) is 24.2. The molecule has 3 N–H and O–H groups in total. The normalized spacial score (nSPS) is 33.2. The highest BCUT2D eigenvalue weighted by Crippen LogP contribution is 2.45. The first-order chi connectivity index (χ1) is 16.9. The third-order valence-electron chi connectivity index (χ3n) is 9.15. The Bertz CT molecular complexity index is 943. The maximum absolute atomic E-state index is 10.5. The van der Waals surface area contributed by atoms with Crippen molar-refractivity contribution in [2.45, 2.75) is 89.4 Å². The monoisotopic (exact) mass is 480 g/mol. The van der Waals surface area contributed by atoms with Crippen molar-refractivity contribution in [3.63, 3.8) is 0 Å². The molecule has 1 saturated heterocycles. The minimum absolute atomic E-state index is 0.323. The lowest BCUT2D eigenvalue weighted by Crippen LogP contribution is -2.44. The average molecular weight is 481 g/mol. The quantitative estimate of drug-likeness (QED) is 0.520. The molecule has 0 spiro atoms. The van der Waals surface area contributed by atoms with E-state index in [4.69, 9.17) is 4.98 Å². The van der Waals surface area contributed by atoms with Crippen molar-refractivity contribution >= 4 is 0 Å². The van der Waals surface area contributed by atoms with Crippen LogP contribution in [-0.2, 0) is 0 Å². The number of likely N-dealkylation sites (tertiary alicyclic amines) is 1. The molecule has 35 heavy (non-hydrogen) atoms. The second-order valence-electron chi connectivity index (χ2n) is 11.7. The lowest BCUT2D eigenvalue weighted by molar-refractivity contribution is 0.170. The van der Waals surface area contributed by atoms with Crippen LogP contribution < -0.4 is 5.32 Å². The zero-order chi connectivity index (χ0) is 24.5. The van der Waals surface area contributed by atoms with Crippen LogP contribution in [0.2, 0.25) is 0 Å². The molecule has 4 aliphatic rings. The van der Waals surface area contributed by atoms with E-state index in [-0.39, 0.29) is 6.10 Å². The Kier molecular flexibility index (Phi) is 7.73. The fourth-order valence-corrected chi connectivity index (χ4v) is 6.63. The molecule has 0 aromatic carbocycles. The van der Waals surface area contributed by atoms with Crippen molar-refractivity contribution in [1.82, 2.24) is 20.2 Å². The number of hydrogen-bond acceptors (Lipinski definition) is 6. The minimum Gasteiger partial charge on any atom is -0.389 e. The fourth-order valence-electron chi connectivity index (χ4n) is 6.63. The van der Waals surface area contributed by atoms with Gasteiger partial charge in [0.1, 0.15) is 6.33 Å². The molecule has 1 aliphatic heterocycles. The van der Waals surface area contributed by atoms with Crippen LogP contribution in [0.3, 0.4) is 0 Å². The van der Waals surface area contributed by atoms with Gasteiger partial charge < -0.3 is 15.5 Å². The number of aliphatic hydroxyl groups excluding tert-OH is 2. The number of nitrogens with one attached hydrogen (secondary N) is 1. The van der Waals surface area contributed by atoms with E-state index in [2.05, 4.69) is 48.1 Å². The smallest absolute Gasteiger partial charge is 0.116 e. The molecule has 1 aromatic rings. The van der Waals surface area contributed by atoms with Crippen LogP contribution in [0.25, 0.3) is 0 Å². The summed E-state index contributed by atoms with van der Waals surface area (Å²) < 4.78 is 0. The summed E-state index contributed by atoms with van der Waals surface area (Å²) in [7, 11) is 0. The van der Waals surface area contributed by atoms with Crippen LogP contribution in [0.1, 0.15) is 94.2 Å². The number of aromatic nitrogens is 2. The Balaban J connectivity index is 1.31. The second kappa shape index (κ2) is 10.8. The summed E-state index contributed by atoms with van der Waals surface area (Å²) in [4.78, 5) is 12.0. The summed E-state index contributed by atoms with van der Waals surface area (Å²) in [6.45, 7) is 11.3. The summed E-state index contributed by atoms with van der Waals surface area (Å²) in [6, 6.07) is 0.427. The molecule has 192 valence electrons. The van der Waals surface area contributed by atoms with Crippen LogP contribution in [-0.4, -0.2) is 63.4 Å². The fraction of sp³-hybridized carbons (Fsp3) is 0.724. The molecule has 0 bridgehead atoms. The van der Waals surface area contributed by atoms with Crippen LogP contribution in [0.15, 0.2) is 30.1 Å².